The fourth-order valence-corrected chi connectivity index (χ4v) is 2.86. The molecule has 0 bridgehead atoms. The Morgan fingerprint density at radius 1 is 1.54 bits per heavy atom. The van der Waals surface area contributed by atoms with Crippen LogP contribution in [0.4, 0.5) is 0 Å². The van der Waals surface area contributed by atoms with E-state index in [-0.39, 0.29) is 5.41 Å². The molecule has 0 aromatic carbocycles. The van der Waals surface area contributed by atoms with Crippen molar-refractivity contribution in [2.24, 2.45) is 17.3 Å². The van der Waals surface area contributed by atoms with E-state index in [4.69, 9.17) is 0 Å². The van der Waals surface area contributed by atoms with Crippen molar-refractivity contribution in [1.29, 1.82) is 0 Å². The largest absolute Gasteiger partial charge is 0.300 e. The molecule has 0 aromatic rings. The molecule has 1 rings (SSSR count). The third-order valence-electron chi connectivity index (χ3n) is 3.84. The van der Waals surface area contributed by atoms with E-state index in [1.165, 1.54) is 0 Å². The highest BCUT2D eigenvalue weighted by Gasteiger charge is 2.39. The minimum Gasteiger partial charge on any atom is -0.300 e. The molecule has 1 saturated carbocycles. The molecule has 0 aliphatic heterocycles. The van der Waals surface area contributed by atoms with Gasteiger partial charge in [-0.3, -0.25) is 4.79 Å². The molecule has 2 atom stereocenters. The van der Waals surface area contributed by atoms with Crippen molar-refractivity contribution in [3.8, 4) is 0 Å². The maximum Gasteiger partial charge on any atom is 0.133 e. The molecule has 13 heavy (non-hydrogen) atoms. The van der Waals surface area contributed by atoms with E-state index >= 15 is 0 Å². The molecule has 0 radical (unpaired) electrons. The fraction of sp³-hybridized carbons (Fsp3) is 0.917. The maximum absolute atomic E-state index is 11.4. The summed E-state index contributed by atoms with van der Waals surface area (Å²) in [5.41, 5.74) is 0.281. The molecule has 76 valence electrons. The first kappa shape index (κ1) is 10.7. The Labute approximate surface area is 81.9 Å². The van der Waals surface area contributed by atoms with Crippen LogP contribution in [0.1, 0.15) is 53.4 Å². The van der Waals surface area contributed by atoms with Gasteiger partial charge in [0.1, 0.15) is 5.78 Å². The number of hydrogen-bond acceptors (Lipinski definition) is 1. The van der Waals surface area contributed by atoms with Crippen LogP contribution in [-0.2, 0) is 4.79 Å². The summed E-state index contributed by atoms with van der Waals surface area (Å²) in [6.07, 6.45) is 3.88. The molecule has 1 heteroatoms. The quantitative estimate of drug-likeness (QED) is 0.639. The van der Waals surface area contributed by atoms with E-state index in [0.717, 1.165) is 37.5 Å². The minimum absolute atomic E-state index is 0.281. The lowest BCUT2D eigenvalue weighted by Gasteiger charge is -2.42. The highest BCUT2D eigenvalue weighted by Crippen LogP contribution is 2.45. The van der Waals surface area contributed by atoms with Gasteiger partial charge in [-0.15, -0.1) is 0 Å². The summed E-state index contributed by atoms with van der Waals surface area (Å²) in [6, 6.07) is 0. The Hall–Kier alpha value is -0.330. The Bertz CT molecular complexity index is 195. The smallest absolute Gasteiger partial charge is 0.133 e. The molecule has 0 saturated heterocycles. The molecule has 2 unspecified atom stereocenters. The van der Waals surface area contributed by atoms with E-state index in [1.54, 1.807) is 0 Å². The number of rotatable bonds is 2. The molecule has 0 aromatic heterocycles. The van der Waals surface area contributed by atoms with Gasteiger partial charge in [-0.25, -0.2) is 0 Å². The molecule has 0 N–H and O–H groups in total. The van der Waals surface area contributed by atoms with Crippen molar-refractivity contribution in [3.63, 3.8) is 0 Å². The predicted octanol–water partition coefficient (Wildman–Crippen LogP) is 3.43. The second-order valence-corrected chi connectivity index (χ2v) is 5.11. The van der Waals surface area contributed by atoms with Gasteiger partial charge in [0.25, 0.3) is 0 Å². The van der Waals surface area contributed by atoms with Gasteiger partial charge >= 0.3 is 0 Å². The van der Waals surface area contributed by atoms with Crippen LogP contribution >= 0.6 is 0 Å². The zero-order valence-electron chi connectivity index (χ0n) is 9.39. The molecule has 1 aliphatic carbocycles. The molecule has 1 fully saturated rings. The van der Waals surface area contributed by atoms with Crippen molar-refractivity contribution in [3.05, 3.63) is 0 Å². The highest BCUT2D eigenvalue weighted by atomic mass is 16.1. The lowest BCUT2D eigenvalue weighted by atomic mass is 9.62. The van der Waals surface area contributed by atoms with Crippen LogP contribution < -0.4 is 0 Å². The van der Waals surface area contributed by atoms with Crippen molar-refractivity contribution in [2.45, 2.75) is 53.4 Å². The van der Waals surface area contributed by atoms with Gasteiger partial charge in [0.15, 0.2) is 0 Å². The molecule has 0 spiro atoms. The van der Waals surface area contributed by atoms with Gasteiger partial charge in [-0.05, 0) is 23.7 Å². The number of hydrogen-bond donors (Lipinski definition) is 0. The van der Waals surface area contributed by atoms with Crippen LogP contribution in [0, 0.1) is 17.3 Å². The van der Waals surface area contributed by atoms with Gasteiger partial charge in [-0.2, -0.15) is 0 Å². The van der Waals surface area contributed by atoms with E-state index in [1.807, 2.05) is 0 Å². The monoisotopic (exact) mass is 182 g/mol. The second-order valence-electron chi connectivity index (χ2n) is 5.11. The predicted molar refractivity (Wildman–Crippen MR) is 55.6 cm³/mol. The molecular formula is C12H22O. The Morgan fingerprint density at radius 2 is 2.15 bits per heavy atom. The topological polar surface area (TPSA) is 17.1 Å². The summed E-state index contributed by atoms with van der Waals surface area (Å²) in [4.78, 5) is 11.4. The van der Waals surface area contributed by atoms with Gasteiger partial charge in [0, 0.05) is 12.8 Å². The van der Waals surface area contributed by atoms with Crippen LogP contribution in [0.15, 0.2) is 0 Å². The number of carbonyl (C=O) groups excluding carboxylic acids is 1. The first-order valence-corrected chi connectivity index (χ1v) is 5.51. The van der Waals surface area contributed by atoms with Crippen LogP contribution in [0.25, 0.3) is 0 Å². The molecule has 1 nitrogen and oxygen atoms in total. The zero-order valence-corrected chi connectivity index (χ0v) is 9.39. The third kappa shape index (κ3) is 2.12. The first-order valence-electron chi connectivity index (χ1n) is 5.51. The summed E-state index contributed by atoms with van der Waals surface area (Å²) in [5, 5.41) is 0. The summed E-state index contributed by atoms with van der Waals surface area (Å²) in [6.45, 7) is 9.07. The van der Waals surface area contributed by atoms with Crippen LogP contribution in [-0.4, -0.2) is 5.78 Å². The van der Waals surface area contributed by atoms with Crippen LogP contribution in [0.3, 0.4) is 0 Å². The Balaban J connectivity index is 2.77. The summed E-state index contributed by atoms with van der Waals surface area (Å²) >= 11 is 0. The van der Waals surface area contributed by atoms with Crippen LogP contribution in [0.2, 0.25) is 0 Å². The van der Waals surface area contributed by atoms with Crippen molar-refractivity contribution >= 4 is 5.78 Å². The average Bonchev–Trinajstić information content (AvgIpc) is 2.03. The third-order valence-corrected chi connectivity index (χ3v) is 3.84. The van der Waals surface area contributed by atoms with E-state index in [2.05, 4.69) is 27.7 Å². The molecular weight excluding hydrogens is 160 g/mol. The first-order chi connectivity index (χ1) is 5.99. The van der Waals surface area contributed by atoms with Gasteiger partial charge in [-0.1, -0.05) is 34.1 Å². The standard InChI is InChI=1S/C12H22O/c1-5-12(4)8-10(13)6-7-11(12)9(2)3/h9,11H,5-8H2,1-4H3. The Kier molecular flexibility index (Phi) is 3.15. The van der Waals surface area contributed by atoms with Gasteiger partial charge in [0.05, 0.1) is 0 Å². The van der Waals surface area contributed by atoms with Crippen molar-refractivity contribution in [1.82, 2.24) is 0 Å². The summed E-state index contributed by atoms with van der Waals surface area (Å²) in [7, 11) is 0. The second kappa shape index (κ2) is 3.81. The van der Waals surface area contributed by atoms with Crippen molar-refractivity contribution in [2.75, 3.05) is 0 Å². The van der Waals surface area contributed by atoms with Crippen LogP contribution in [0.5, 0.6) is 0 Å². The number of Topliss-reactive ketones (excluding diaryl/α,β-unsaturated/α-hetero) is 1. The summed E-state index contributed by atoms with van der Waals surface area (Å²) < 4.78 is 0. The molecule has 0 amide bonds. The summed E-state index contributed by atoms with van der Waals surface area (Å²) in [5.74, 6) is 1.94. The van der Waals surface area contributed by atoms with E-state index < -0.39 is 0 Å². The lowest BCUT2D eigenvalue weighted by Crippen LogP contribution is -2.37. The molecule has 1 aliphatic rings. The van der Waals surface area contributed by atoms with E-state index in [9.17, 15) is 4.79 Å². The van der Waals surface area contributed by atoms with Crippen molar-refractivity contribution < 1.29 is 4.79 Å². The number of carbonyl (C=O) groups is 1. The normalized spacial score (nSPS) is 35.5. The highest BCUT2D eigenvalue weighted by molar-refractivity contribution is 5.80. The van der Waals surface area contributed by atoms with E-state index in [0.29, 0.717) is 5.78 Å². The van der Waals surface area contributed by atoms with Gasteiger partial charge in [0.2, 0.25) is 0 Å². The Morgan fingerprint density at radius 3 is 2.62 bits per heavy atom. The van der Waals surface area contributed by atoms with Gasteiger partial charge < -0.3 is 0 Å². The maximum atomic E-state index is 11.4. The SMILES string of the molecule is CCC1(C)CC(=O)CCC1C(C)C. The zero-order chi connectivity index (χ0) is 10.1. The average molecular weight is 182 g/mol. The fourth-order valence-electron chi connectivity index (χ4n) is 2.86. The minimum atomic E-state index is 0.281. The molecule has 0 heterocycles. The lowest BCUT2D eigenvalue weighted by molar-refractivity contribution is -0.126. The number of ketones is 1.